The number of hydrogen-bond donors (Lipinski definition) is 1. The predicted octanol–water partition coefficient (Wildman–Crippen LogP) is 3.01. The van der Waals surface area contributed by atoms with E-state index in [0.29, 0.717) is 11.5 Å². The highest BCUT2D eigenvalue weighted by molar-refractivity contribution is 9.10. The molecule has 0 saturated heterocycles. The molecule has 1 atom stereocenters. The summed E-state index contributed by atoms with van der Waals surface area (Å²) in [7, 11) is -0.955. The Morgan fingerprint density at radius 3 is 2.76 bits per heavy atom. The normalized spacial score (nSPS) is 18.9. The average Bonchev–Trinajstić information content (AvgIpc) is 2.80. The van der Waals surface area contributed by atoms with E-state index in [1.54, 1.807) is 11.3 Å². The van der Waals surface area contributed by atoms with Gasteiger partial charge in [0.25, 0.3) is 0 Å². The molecule has 0 amide bonds. The van der Waals surface area contributed by atoms with Crippen LogP contribution >= 0.6 is 27.3 Å². The fourth-order valence-corrected chi connectivity index (χ4v) is 5.33. The molecule has 1 N–H and O–H groups in total. The molecule has 1 aromatic heterocycles. The third kappa shape index (κ3) is 3.89. The Bertz CT molecular complexity index is 451. The molecule has 1 aliphatic rings. The largest absolute Gasteiger partial charge is 0.481 e. The highest BCUT2D eigenvalue weighted by atomic mass is 79.9. The van der Waals surface area contributed by atoms with Crippen molar-refractivity contribution < 1.29 is 14.1 Å². The fourth-order valence-electron chi connectivity index (χ4n) is 1.85. The van der Waals surface area contributed by atoms with Gasteiger partial charge in [0, 0.05) is 31.3 Å². The van der Waals surface area contributed by atoms with Crippen molar-refractivity contribution in [2.24, 2.45) is 5.41 Å². The summed E-state index contributed by atoms with van der Waals surface area (Å²) in [4.78, 5) is 11.8. The van der Waals surface area contributed by atoms with Crippen molar-refractivity contribution in [2.45, 2.75) is 25.0 Å². The van der Waals surface area contributed by atoms with Crippen molar-refractivity contribution in [2.75, 3.05) is 5.75 Å². The fraction of sp³-hybridized carbons (Fsp3) is 0.545. The van der Waals surface area contributed by atoms with Gasteiger partial charge in [0.15, 0.2) is 0 Å². The molecule has 0 aromatic carbocycles. The van der Waals surface area contributed by atoms with Crippen molar-refractivity contribution in [3.63, 3.8) is 0 Å². The molecule has 94 valence electrons. The lowest BCUT2D eigenvalue weighted by atomic mass is 10.1. The Labute approximate surface area is 115 Å². The Morgan fingerprint density at radius 1 is 1.59 bits per heavy atom. The molecule has 3 nitrogen and oxygen atoms in total. The molecule has 1 unspecified atom stereocenters. The lowest BCUT2D eigenvalue weighted by molar-refractivity contribution is -0.138. The highest BCUT2D eigenvalue weighted by Crippen LogP contribution is 2.49. The van der Waals surface area contributed by atoms with Crippen LogP contribution in [0.1, 0.15) is 24.1 Å². The Kier molecular flexibility index (Phi) is 4.05. The van der Waals surface area contributed by atoms with Gasteiger partial charge in [-0.05, 0) is 40.3 Å². The maximum atomic E-state index is 12.0. The molecule has 1 fully saturated rings. The van der Waals surface area contributed by atoms with Crippen molar-refractivity contribution in [3.8, 4) is 0 Å². The van der Waals surface area contributed by atoms with Crippen LogP contribution in [-0.4, -0.2) is 21.0 Å². The van der Waals surface area contributed by atoms with Crippen molar-refractivity contribution in [3.05, 3.63) is 20.8 Å². The minimum atomic E-state index is -0.955. The number of carbonyl (C=O) groups is 1. The van der Waals surface area contributed by atoms with Crippen molar-refractivity contribution in [1.82, 2.24) is 0 Å². The summed E-state index contributed by atoms with van der Waals surface area (Å²) in [5.74, 6) is 0.283. The van der Waals surface area contributed by atoms with Crippen LogP contribution in [0.2, 0.25) is 0 Å². The monoisotopic (exact) mass is 336 g/mol. The van der Waals surface area contributed by atoms with Crippen molar-refractivity contribution in [1.29, 1.82) is 0 Å². The number of carboxylic acids is 1. The summed E-state index contributed by atoms with van der Waals surface area (Å²) >= 11 is 4.94. The predicted molar refractivity (Wildman–Crippen MR) is 72.7 cm³/mol. The van der Waals surface area contributed by atoms with Crippen LogP contribution in [0.3, 0.4) is 0 Å². The van der Waals surface area contributed by atoms with Gasteiger partial charge < -0.3 is 5.11 Å². The van der Waals surface area contributed by atoms with Crippen LogP contribution < -0.4 is 0 Å². The topological polar surface area (TPSA) is 54.4 Å². The minimum absolute atomic E-state index is 0.160. The standard InChI is InChI=1S/C11H13BrO3S2/c12-8-3-9(16-5-8)6-17(15)7-11(1-2-11)4-10(13)14/h3,5H,1-2,4,6-7H2,(H,13,14). The number of thiophene rings is 1. The Balaban J connectivity index is 1.87. The van der Waals surface area contributed by atoms with Gasteiger partial charge in [0.1, 0.15) is 0 Å². The van der Waals surface area contributed by atoms with Gasteiger partial charge in [-0.25, -0.2) is 0 Å². The first-order valence-corrected chi connectivity index (χ1v) is 8.45. The Morgan fingerprint density at radius 2 is 2.29 bits per heavy atom. The smallest absolute Gasteiger partial charge is 0.303 e. The maximum absolute atomic E-state index is 12.0. The van der Waals surface area contributed by atoms with E-state index >= 15 is 0 Å². The zero-order chi connectivity index (χ0) is 12.5. The van der Waals surface area contributed by atoms with E-state index < -0.39 is 16.8 Å². The summed E-state index contributed by atoms with van der Waals surface area (Å²) in [6.07, 6.45) is 1.96. The third-order valence-corrected chi connectivity index (χ3v) is 6.32. The number of carboxylic acid groups (broad SMARTS) is 1. The van der Waals surface area contributed by atoms with E-state index in [1.165, 1.54) is 0 Å². The zero-order valence-corrected chi connectivity index (χ0v) is 12.4. The van der Waals surface area contributed by atoms with E-state index in [9.17, 15) is 9.00 Å². The second kappa shape index (κ2) is 5.20. The molecule has 0 aliphatic heterocycles. The summed E-state index contributed by atoms with van der Waals surface area (Å²) in [5.41, 5.74) is -0.175. The third-order valence-electron chi connectivity index (χ3n) is 2.88. The van der Waals surface area contributed by atoms with Crippen molar-refractivity contribution >= 4 is 44.0 Å². The molecule has 6 heteroatoms. The Hall–Kier alpha value is -0.200. The lowest BCUT2D eigenvalue weighted by Crippen LogP contribution is -2.17. The van der Waals surface area contributed by atoms with Gasteiger partial charge in [0.05, 0.1) is 12.2 Å². The maximum Gasteiger partial charge on any atom is 0.303 e. The van der Waals surface area contributed by atoms with Crippen LogP contribution in [-0.2, 0) is 21.3 Å². The van der Waals surface area contributed by atoms with Crippen LogP contribution in [0.15, 0.2) is 15.9 Å². The zero-order valence-electron chi connectivity index (χ0n) is 9.15. The molecule has 0 spiro atoms. The first-order valence-electron chi connectivity index (χ1n) is 5.29. The van der Waals surface area contributed by atoms with Gasteiger partial charge in [-0.1, -0.05) is 0 Å². The van der Waals surface area contributed by atoms with E-state index in [4.69, 9.17) is 5.11 Å². The summed E-state index contributed by atoms with van der Waals surface area (Å²) in [6, 6.07) is 1.97. The molecule has 1 aromatic rings. The molecule has 0 bridgehead atoms. The van der Waals surface area contributed by atoms with E-state index in [1.807, 2.05) is 11.4 Å². The summed E-state index contributed by atoms with van der Waals surface area (Å²) < 4.78 is 13.0. The summed E-state index contributed by atoms with van der Waals surface area (Å²) in [5, 5.41) is 10.8. The van der Waals surface area contributed by atoms with Gasteiger partial charge in [-0.2, -0.15) is 0 Å². The number of hydrogen-bond acceptors (Lipinski definition) is 3. The molecular formula is C11H13BrO3S2. The van der Waals surface area contributed by atoms with Gasteiger partial charge in [-0.3, -0.25) is 9.00 Å². The molecule has 17 heavy (non-hydrogen) atoms. The quantitative estimate of drug-likeness (QED) is 0.868. The van der Waals surface area contributed by atoms with E-state index in [2.05, 4.69) is 15.9 Å². The average molecular weight is 337 g/mol. The van der Waals surface area contributed by atoms with Crippen LogP contribution in [0.4, 0.5) is 0 Å². The van der Waals surface area contributed by atoms with Gasteiger partial charge >= 0.3 is 5.97 Å². The molecule has 2 rings (SSSR count). The highest BCUT2D eigenvalue weighted by Gasteiger charge is 2.45. The number of aliphatic carboxylic acids is 1. The van der Waals surface area contributed by atoms with Gasteiger partial charge in [-0.15, -0.1) is 11.3 Å². The van der Waals surface area contributed by atoms with Crippen LogP contribution in [0, 0.1) is 5.41 Å². The van der Waals surface area contributed by atoms with Gasteiger partial charge in [0.2, 0.25) is 0 Å². The first-order chi connectivity index (χ1) is 7.99. The molecular weight excluding hydrogens is 324 g/mol. The number of rotatable bonds is 6. The molecule has 0 radical (unpaired) electrons. The molecule has 1 saturated carbocycles. The molecule has 1 aliphatic carbocycles. The van der Waals surface area contributed by atoms with Crippen LogP contribution in [0.25, 0.3) is 0 Å². The second-order valence-electron chi connectivity index (χ2n) is 4.53. The van der Waals surface area contributed by atoms with E-state index in [-0.39, 0.29) is 11.8 Å². The SMILES string of the molecule is O=C(O)CC1(CS(=O)Cc2cc(Br)cs2)CC1. The summed E-state index contributed by atoms with van der Waals surface area (Å²) in [6.45, 7) is 0. The van der Waals surface area contributed by atoms with E-state index in [0.717, 1.165) is 22.2 Å². The molecule has 1 heterocycles. The first kappa shape index (κ1) is 13.2. The minimum Gasteiger partial charge on any atom is -0.481 e. The lowest BCUT2D eigenvalue weighted by Gasteiger charge is -2.11. The van der Waals surface area contributed by atoms with Crippen LogP contribution in [0.5, 0.6) is 0 Å². The second-order valence-corrected chi connectivity index (χ2v) is 7.90. The number of halogens is 1.